The van der Waals surface area contributed by atoms with Crippen molar-refractivity contribution in [1.29, 1.82) is 0 Å². The molecule has 0 spiro atoms. The van der Waals surface area contributed by atoms with E-state index >= 15 is 0 Å². The summed E-state index contributed by atoms with van der Waals surface area (Å²) in [5.74, 6) is 0.173. The molecular formula is C12H11ClN2O3S. The third-order valence-electron chi connectivity index (χ3n) is 2.57. The van der Waals surface area contributed by atoms with Crippen molar-refractivity contribution in [2.24, 2.45) is 0 Å². The number of hydrogen-bond acceptors (Lipinski definition) is 5. The number of benzene rings is 1. The van der Waals surface area contributed by atoms with E-state index in [0.717, 1.165) is 12.2 Å². The molecule has 0 amide bonds. The number of rotatable bonds is 3. The van der Waals surface area contributed by atoms with Gasteiger partial charge >= 0.3 is 5.70 Å². The average Bonchev–Trinajstić information content (AvgIpc) is 2.40. The van der Waals surface area contributed by atoms with Crippen LogP contribution in [0.2, 0.25) is 5.02 Å². The summed E-state index contributed by atoms with van der Waals surface area (Å²) in [7, 11) is 0. The van der Waals surface area contributed by atoms with Gasteiger partial charge in [0.05, 0.1) is 4.92 Å². The van der Waals surface area contributed by atoms with Crippen LogP contribution in [0.15, 0.2) is 35.0 Å². The van der Waals surface area contributed by atoms with Crippen molar-refractivity contribution >= 4 is 29.1 Å². The van der Waals surface area contributed by atoms with Gasteiger partial charge in [-0.15, -0.1) is 11.8 Å². The number of allylic oxidation sites excluding steroid dienone is 1. The average molecular weight is 299 g/mol. The quantitative estimate of drug-likeness (QED) is 0.402. The number of ketones is 1. The highest BCUT2D eigenvalue weighted by Crippen LogP contribution is 2.24. The molecule has 7 heteroatoms. The van der Waals surface area contributed by atoms with Crippen LogP contribution in [0.4, 0.5) is 0 Å². The Hall–Kier alpha value is -1.53. The lowest BCUT2D eigenvalue weighted by Crippen LogP contribution is -2.25. The second-order valence-electron chi connectivity index (χ2n) is 3.90. The number of thioether (sulfide) groups is 1. The van der Waals surface area contributed by atoms with Gasteiger partial charge in [0.25, 0.3) is 5.78 Å². The monoisotopic (exact) mass is 298 g/mol. The van der Waals surface area contributed by atoms with E-state index in [4.69, 9.17) is 11.6 Å². The van der Waals surface area contributed by atoms with Crippen molar-refractivity contribution in [3.8, 4) is 0 Å². The third-order valence-corrected chi connectivity index (χ3v) is 3.94. The van der Waals surface area contributed by atoms with E-state index in [-0.39, 0.29) is 5.56 Å². The van der Waals surface area contributed by atoms with Crippen LogP contribution in [0, 0.1) is 10.1 Å². The van der Waals surface area contributed by atoms with E-state index in [9.17, 15) is 14.9 Å². The normalized spacial score (nSPS) is 17.5. The standard InChI is InChI=1S/C12H11ClN2O3S/c13-9-4-2-8(3-5-9)11(16)10(15(17)18)12-14-6-1-7-19-12/h2-5,14H,1,6-7H2. The molecule has 0 atom stereocenters. The molecule has 0 unspecified atom stereocenters. The Labute approximate surface area is 119 Å². The highest BCUT2D eigenvalue weighted by molar-refractivity contribution is 8.03. The number of halogens is 1. The number of Topliss-reactive ketones (excluding diaryl/α,β-unsaturated/α-hetero) is 1. The Morgan fingerprint density at radius 2 is 2.05 bits per heavy atom. The lowest BCUT2D eigenvalue weighted by molar-refractivity contribution is -0.417. The maximum Gasteiger partial charge on any atom is 0.346 e. The number of hydrogen-bond donors (Lipinski definition) is 1. The summed E-state index contributed by atoms with van der Waals surface area (Å²) in [4.78, 5) is 22.7. The van der Waals surface area contributed by atoms with Gasteiger partial charge in [-0.3, -0.25) is 14.9 Å². The van der Waals surface area contributed by atoms with E-state index in [1.807, 2.05) is 0 Å². The largest absolute Gasteiger partial charge is 0.374 e. The van der Waals surface area contributed by atoms with E-state index < -0.39 is 16.4 Å². The predicted octanol–water partition coefficient (Wildman–Crippen LogP) is 2.70. The van der Waals surface area contributed by atoms with Crippen molar-refractivity contribution in [2.75, 3.05) is 12.3 Å². The Morgan fingerprint density at radius 1 is 1.37 bits per heavy atom. The summed E-state index contributed by atoms with van der Waals surface area (Å²) >= 11 is 7.04. The lowest BCUT2D eigenvalue weighted by Gasteiger charge is -2.15. The maximum absolute atomic E-state index is 12.2. The highest BCUT2D eigenvalue weighted by atomic mass is 35.5. The molecule has 100 valence electrons. The Balaban J connectivity index is 2.36. The molecule has 0 aromatic heterocycles. The molecule has 1 saturated heterocycles. The van der Waals surface area contributed by atoms with Crippen molar-refractivity contribution in [3.05, 3.63) is 55.7 Å². The molecule has 1 heterocycles. The topological polar surface area (TPSA) is 72.2 Å². The van der Waals surface area contributed by atoms with Crippen molar-refractivity contribution < 1.29 is 9.72 Å². The maximum atomic E-state index is 12.2. The van der Waals surface area contributed by atoms with Crippen LogP contribution in [0.1, 0.15) is 16.8 Å². The number of carbonyl (C=O) groups excluding carboxylic acids is 1. The highest BCUT2D eigenvalue weighted by Gasteiger charge is 2.30. The predicted molar refractivity (Wildman–Crippen MR) is 74.9 cm³/mol. The van der Waals surface area contributed by atoms with Gasteiger partial charge in [-0.2, -0.15) is 0 Å². The molecule has 0 radical (unpaired) electrons. The zero-order chi connectivity index (χ0) is 13.8. The fourth-order valence-electron chi connectivity index (χ4n) is 1.66. The minimum atomic E-state index is -0.627. The summed E-state index contributed by atoms with van der Waals surface area (Å²) < 4.78 is 0. The minimum absolute atomic E-state index is 0.261. The summed E-state index contributed by atoms with van der Waals surface area (Å²) in [5.41, 5.74) is -0.136. The van der Waals surface area contributed by atoms with Crippen molar-refractivity contribution in [2.45, 2.75) is 6.42 Å². The van der Waals surface area contributed by atoms with Gasteiger partial charge in [-0.05, 0) is 30.7 Å². The van der Waals surface area contributed by atoms with Gasteiger partial charge in [0.2, 0.25) is 0 Å². The number of nitro groups is 1. The zero-order valence-electron chi connectivity index (χ0n) is 9.89. The fraction of sp³-hybridized carbons (Fsp3) is 0.250. The molecule has 1 aliphatic heterocycles. The molecule has 1 aromatic carbocycles. The van der Waals surface area contributed by atoms with E-state index in [1.54, 1.807) is 12.1 Å². The number of nitrogens with zero attached hydrogens (tertiary/aromatic N) is 1. The minimum Gasteiger partial charge on any atom is -0.374 e. The molecule has 1 fully saturated rings. The lowest BCUT2D eigenvalue weighted by atomic mass is 10.1. The van der Waals surface area contributed by atoms with E-state index in [1.165, 1.54) is 23.9 Å². The van der Waals surface area contributed by atoms with Crippen LogP contribution in [0.3, 0.4) is 0 Å². The molecule has 1 N–H and O–H groups in total. The molecule has 1 aromatic rings. The molecular weight excluding hydrogens is 288 g/mol. The summed E-state index contributed by atoms with van der Waals surface area (Å²) in [6, 6.07) is 6.06. The van der Waals surface area contributed by atoms with Gasteiger partial charge < -0.3 is 5.32 Å². The van der Waals surface area contributed by atoms with Crippen LogP contribution in [-0.2, 0) is 0 Å². The van der Waals surface area contributed by atoms with Crippen LogP contribution in [-0.4, -0.2) is 23.0 Å². The molecule has 0 saturated carbocycles. The van der Waals surface area contributed by atoms with Crippen molar-refractivity contribution in [1.82, 2.24) is 5.32 Å². The van der Waals surface area contributed by atoms with Crippen LogP contribution >= 0.6 is 23.4 Å². The van der Waals surface area contributed by atoms with Crippen LogP contribution < -0.4 is 5.32 Å². The van der Waals surface area contributed by atoms with Crippen molar-refractivity contribution in [3.63, 3.8) is 0 Å². The molecule has 1 aliphatic rings. The first-order valence-electron chi connectivity index (χ1n) is 5.65. The molecule has 0 aliphatic carbocycles. The smallest absolute Gasteiger partial charge is 0.346 e. The summed E-state index contributed by atoms with van der Waals surface area (Å²) in [6.07, 6.45) is 0.925. The summed E-state index contributed by atoms with van der Waals surface area (Å²) in [6.45, 7) is 0.646. The third kappa shape index (κ3) is 3.27. The Morgan fingerprint density at radius 3 is 2.58 bits per heavy atom. The van der Waals surface area contributed by atoms with Gasteiger partial charge in [-0.1, -0.05) is 11.6 Å². The van der Waals surface area contributed by atoms with E-state index in [2.05, 4.69) is 5.32 Å². The Bertz CT molecular complexity index is 534. The second-order valence-corrected chi connectivity index (χ2v) is 5.44. The fourth-order valence-corrected chi connectivity index (χ4v) is 2.79. The Kier molecular flexibility index (Phi) is 4.44. The summed E-state index contributed by atoms with van der Waals surface area (Å²) in [5, 5.41) is 14.9. The van der Waals surface area contributed by atoms with Gasteiger partial charge in [0.1, 0.15) is 0 Å². The van der Waals surface area contributed by atoms with Gasteiger partial charge in [-0.25, -0.2) is 0 Å². The second kappa shape index (κ2) is 6.08. The SMILES string of the molecule is O=C(C(=C1NCCCS1)[N+](=O)[O-])c1ccc(Cl)cc1. The number of nitrogens with one attached hydrogen (secondary N) is 1. The molecule has 0 bridgehead atoms. The van der Waals surface area contributed by atoms with Crippen LogP contribution in [0.25, 0.3) is 0 Å². The molecule has 5 nitrogen and oxygen atoms in total. The van der Waals surface area contributed by atoms with Gasteiger partial charge in [0.15, 0.2) is 5.03 Å². The first-order valence-corrected chi connectivity index (χ1v) is 7.01. The first-order chi connectivity index (χ1) is 9.09. The van der Waals surface area contributed by atoms with Crippen LogP contribution in [0.5, 0.6) is 0 Å². The molecule has 2 rings (SSSR count). The van der Waals surface area contributed by atoms with Gasteiger partial charge in [0, 0.05) is 22.9 Å². The zero-order valence-corrected chi connectivity index (χ0v) is 11.5. The number of carbonyl (C=O) groups is 1. The molecule has 19 heavy (non-hydrogen) atoms. The van der Waals surface area contributed by atoms with E-state index in [0.29, 0.717) is 16.6 Å². The first kappa shape index (κ1) is 13.9.